The number of phenolic OH excluding ortho intramolecular Hbond substituents is 2. The summed E-state index contributed by atoms with van der Waals surface area (Å²) in [6.07, 6.45) is 3.37. The zero-order valence-corrected chi connectivity index (χ0v) is 17.4. The van der Waals surface area contributed by atoms with Crippen molar-refractivity contribution in [3.63, 3.8) is 0 Å². The topological polar surface area (TPSA) is 102 Å². The Morgan fingerprint density at radius 1 is 0.893 bits per heavy atom. The van der Waals surface area contributed by atoms with Gasteiger partial charge in [-0.25, -0.2) is 0 Å². The average molecular weight is 425 g/mol. The minimum Gasteiger partial charge on any atom is -0.507 e. The summed E-state index contributed by atoms with van der Waals surface area (Å²) in [4.78, 5) is 17.8. The van der Waals surface area contributed by atoms with E-state index in [9.17, 15) is 10.2 Å². The molecule has 0 atom stereocenters. The molecular formula is C21H26MnN2O4+2. The minimum atomic E-state index is -0.833. The van der Waals surface area contributed by atoms with Gasteiger partial charge >= 0.3 is 17.1 Å². The number of carboxylic acids is 1. The van der Waals surface area contributed by atoms with Crippen LogP contribution in [0.25, 0.3) is 0 Å². The Kier molecular flexibility index (Phi) is 11.5. The second kappa shape index (κ2) is 12.7. The molecule has 0 aliphatic heterocycles. The summed E-state index contributed by atoms with van der Waals surface area (Å²) in [5.74, 6) is -0.377. The number of benzene rings is 2. The van der Waals surface area contributed by atoms with Gasteiger partial charge in [-0.05, 0) is 24.3 Å². The molecule has 2 rings (SSSR count). The molecule has 0 amide bonds. The maximum absolute atomic E-state index is 9.69. The van der Waals surface area contributed by atoms with E-state index in [1.165, 1.54) is 0 Å². The molecule has 6 nitrogen and oxygen atoms in total. The molecule has 2 aromatic rings. The van der Waals surface area contributed by atoms with E-state index < -0.39 is 5.97 Å². The molecule has 0 aromatic heterocycles. The van der Waals surface area contributed by atoms with Gasteiger partial charge in [0.2, 0.25) is 0 Å². The van der Waals surface area contributed by atoms with E-state index in [1.807, 2.05) is 24.3 Å². The van der Waals surface area contributed by atoms with Crippen molar-refractivity contribution in [1.29, 1.82) is 0 Å². The van der Waals surface area contributed by atoms with Crippen LogP contribution in [0.1, 0.15) is 31.9 Å². The molecule has 149 valence electrons. The quantitative estimate of drug-likeness (QED) is 0.485. The van der Waals surface area contributed by atoms with E-state index >= 15 is 0 Å². The van der Waals surface area contributed by atoms with E-state index in [0.717, 1.165) is 6.92 Å². The van der Waals surface area contributed by atoms with Crippen LogP contribution in [-0.4, -0.2) is 46.8 Å². The molecule has 1 radical (unpaired) electrons. The molecule has 0 unspecified atom stereocenters. The summed E-state index contributed by atoms with van der Waals surface area (Å²) in [5.41, 5.74) is 1.31. The predicted molar refractivity (Wildman–Crippen MR) is 108 cm³/mol. The van der Waals surface area contributed by atoms with Crippen molar-refractivity contribution in [3.8, 4) is 11.5 Å². The fourth-order valence-corrected chi connectivity index (χ4v) is 2.03. The van der Waals surface area contributed by atoms with Crippen LogP contribution < -0.4 is 0 Å². The third-order valence-corrected chi connectivity index (χ3v) is 3.37. The van der Waals surface area contributed by atoms with Crippen molar-refractivity contribution in [1.82, 2.24) is 0 Å². The van der Waals surface area contributed by atoms with Gasteiger partial charge in [0.25, 0.3) is 5.97 Å². The molecule has 0 spiro atoms. The van der Waals surface area contributed by atoms with Gasteiger partial charge in [-0.15, -0.1) is 0 Å². The number of aromatic hydroxyl groups is 2. The van der Waals surface area contributed by atoms with E-state index in [2.05, 4.69) is 23.8 Å². The van der Waals surface area contributed by atoms with Gasteiger partial charge in [0, 0.05) is 49.0 Å². The number of hydrogen-bond donors (Lipinski definition) is 3. The van der Waals surface area contributed by atoms with E-state index in [4.69, 9.17) is 9.90 Å². The number of aliphatic carboxylic acids is 1. The zero-order chi connectivity index (χ0) is 20.3. The SMILES string of the molecule is CC(=O)O.CC(C)(CN=Cc1ccccc1O)CN=Cc1ccccc1O.[Mn+2]. The van der Waals surface area contributed by atoms with Crippen molar-refractivity contribution in [2.45, 2.75) is 20.8 Å². The number of carbonyl (C=O) groups is 1. The molecule has 2 aromatic carbocycles. The van der Waals surface area contributed by atoms with Gasteiger partial charge in [-0.1, -0.05) is 38.1 Å². The van der Waals surface area contributed by atoms with Gasteiger partial charge in [-0.3, -0.25) is 14.8 Å². The van der Waals surface area contributed by atoms with E-state index in [1.54, 1.807) is 36.7 Å². The molecular weight excluding hydrogens is 399 g/mol. The summed E-state index contributed by atoms with van der Waals surface area (Å²) in [5, 5.41) is 26.8. The third kappa shape index (κ3) is 10.5. The first-order valence-corrected chi connectivity index (χ1v) is 8.46. The maximum Gasteiger partial charge on any atom is 2.00 e. The average Bonchev–Trinajstić information content (AvgIpc) is 2.58. The molecule has 0 bridgehead atoms. The van der Waals surface area contributed by atoms with Gasteiger partial charge in [-0.2, -0.15) is 0 Å². The van der Waals surface area contributed by atoms with E-state index in [-0.39, 0.29) is 34.0 Å². The number of nitrogens with zero attached hydrogens (tertiary/aromatic N) is 2. The summed E-state index contributed by atoms with van der Waals surface area (Å²) in [6.45, 7) is 6.44. The molecule has 7 heteroatoms. The number of hydrogen-bond acceptors (Lipinski definition) is 5. The number of carboxylic acid groups (broad SMARTS) is 1. The summed E-state index contributed by atoms with van der Waals surface area (Å²) in [7, 11) is 0. The van der Waals surface area contributed by atoms with Gasteiger partial charge in [0.15, 0.2) is 0 Å². The molecule has 0 aliphatic carbocycles. The fourth-order valence-electron chi connectivity index (χ4n) is 2.03. The second-order valence-corrected chi connectivity index (χ2v) is 6.74. The molecule has 0 aliphatic rings. The molecule has 0 saturated carbocycles. The fraction of sp³-hybridized carbons (Fsp3) is 0.286. The second-order valence-electron chi connectivity index (χ2n) is 6.74. The van der Waals surface area contributed by atoms with Gasteiger partial charge in [0.1, 0.15) is 11.5 Å². The number of para-hydroxylation sites is 2. The zero-order valence-electron chi connectivity index (χ0n) is 16.2. The van der Waals surface area contributed by atoms with Crippen LogP contribution in [0.15, 0.2) is 58.5 Å². The van der Waals surface area contributed by atoms with Crippen LogP contribution in [0.5, 0.6) is 11.5 Å². The Morgan fingerprint density at radius 2 is 1.21 bits per heavy atom. The Balaban J connectivity index is 0.00000133. The van der Waals surface area contributed by atoms with E-state index in [0.29, 0.717) is 24.2 Å². The van der Waals surface area contributed by atoms with Crippen LogP contribution in [0.2, 0.25) is 0 Å². The summed E-state index contributed by atoms with van der Waals surface area (Å²) in [6, 6.07) is 14.2. The monoisotopic (exact) mass is 425 g/mol. The Labute approximate surface area is 176 Å². The van der Waals surface area contributed by atoms with Gasteiger partial charge in [0.05, 0.1) is 0 Å². The maximum atomic E-state index is 9.69. The van der Waals surface area contributed by atoms with Crippen molar-refractivity contribution in [3.05, 3.63) is 59.7 Å². The number of phenols is 2. The number of rotatable bonds is 6. The van der Waals surface area contributed by atoms with Crippen LogP contribution in [0.3, 0.4) is 0 Å². The largest absolute Gasteiger partial charge is 2.00 e. The Morgan fingerprint density at radius 3 is 1.54 bits per heavy atom. The molecule has 0 heterocycles. The Bertz CT molecular complexity index is 741. The summed E-state index contributed by atoms with van der Waals surface area (Å²) >= 11 is 0. The Hall–Kier alpha value is -2.63. The minimum absolute atomic E-state index is 0. The predicted octanol–water partition coefficient (Wildman–Crippen LogP) is 3.75. The van der Waals surface area contributed by atoms with Crippen molar-refractivity contribution in [2.24, 2.45) is 15.4 Å². The third-order valence-electron chi connectivity index (χ3n) is 3.37. The molecule has 0 fully saturated rings. The van der Waals surface area contributed by atoms with Crippen LogP contribution in [0.4, 0.5) is 0 Å². The van der Waals surface area contributed by atoms with Crippen molar-refractivity contribution < 1.29 is 37.2 Å². The first-order valence-electron chi connectivity index (χ1n) is 8.46. The standard InChI is InChI=1S/C19H22N2O2.C2H4O2.Mn/c1-19(2,13-20-11-15-7-3-5-9-17(15)22)14-21-12-16-8-4-6-10-18(16)23;1-2(3)4;/h3-12,22-23H,13-14H2,1-2H3;1H3,(H,3,4);/q;;+2. The molecule has 28 heavy (non-hydrogen) atoms. The number of aliphatic imine (C=N–C) groups is 2. The van der Waals surface area contributed by atoms with Crippen LogP contribution in [0, 0.1) is 5.41 Å². The van der Waals surface area contributed by atoms with Crippen LogP contribution in [-0.2, 0) is 21.9 Å². The van der Waals surface area contributed by atoms with Crippen molar-refractivity contribution in [2.75, 3.05) is 13.1 Å². The first kappa shape index (κ1) is 25.4. The summed E-state index contributed by atoms with van der Waals surface area (Å²) < 4.78 is 0. The molecule has 0 saturated heterocycles. The van der Waals surface area contributed by atoms with Crippen molar-refractivity contribution >= 4 is 18.4 Å². The van der Waals surface area contributed by atoms with Crippen LogP contribution >= 0.6 is 0 Å². The first-order chi connectivity index (χ1) is 12.7. The normalized spacial score (nSPS) is 11.0. The smallest absolute Gasteiger partial charge is 0.507 e. The molecule has 3 N–H and O–H groups in total. The van der Waals surface area contributed by atoms with Gasteiger partial charge < -0.3 is 15.3 Å².